The van der Waals surface area contributed by atoms with Crippen molar-refractivity contribution in [1.29, 1.82) is 5.26 Å². The van der Waals surface area contributed by atoms with E-state index in [4.69, 9.17) is 10.00 Å². The first kappa shape index (κ1) is 11.1. The van der Waals surface area contributed by atoms with Gasteiger partial charge in [0.15, 0.2) is 11.4 Å². The topological polar surface area (TPSA) is 55.1 Å². The van der Waals surface area contributed by atoms with Crippen molar-refractivity contribution < 1.29 is 22.6 Å². The second-order valence-corrected chi connectivity index (χ2v) is 2.36. The van der Waals surface area contributed by atoms with E-state index in [0.29, 0.717) is 0 Å². The molecule has 0 saturated carbocycles. The van der Waals surface area contributed by atoms with Crippen LogP contribution in [0.4, 0.5) is 13.2 Å². The highest BCUT2D eigenvalue weighted by molar-refractivity contribution is 5.39. The molecular weight excluding hydrogens is 213 g/mol. The number of ether oxygens (including phenoxy) is 2. The van der Waals surface area contributed by atoms with E-state index in [1.54, 1.807) is 6.07 Å². The maximum atomic E-state index is 11.8. The Bertz CT molecular complexity index is 398. The van der Waals surface area contributed by atoms with Gasteiger partial charge in [-0.25, -0.2) is 0 Å². The molecule has 0 bridgehead atoms. The van der Waals surface area contributed by atoms with E-state index in [9.17, 15) is 13.2 Å². The van der Waals surface area contributed by atoms with Gasteiger partial charge in [0.25, 0.3) is 0 Å². The molecule has 0 spiro atoms. The molecule has 0 aliphatic rings. The lowest BCUT2D eigenvalue weighted by atomic mass is 10.3. The van der Waals surface area contributed by atoms with Crippen LogP contribution in [0.1, 0.15) is 5.69 Å². The monoisotopic (exact) mass is 218 g/mol. The molecule has 0 aromatic carbocycles. The highest BCUT2D eigenvalue weighted by Crippen LogP contribution is 2.24. The molecule has 4 nitrogen and oxygen atoms in total. The van der Waals surface area contributed by atoms with E-state index >= 15 is 0 Å². The summed E-state index contributed by atoms with van der Waals surface area (Å²) in [7, 11) is 1.28. The molecule has 0 aliphatic carbocycles. The van der Waals surface area contributed by atoms with Crippen molar-refractivity contribution in [2.24, 2.45) is 0 Å². The molecule has 1 aromatic rings. The zero-order valence-electron chi connectivity index (χ0n) is 7.50. The molecule has 0 fully saturated rings. The molecule has 0 aliphatic heterocycles. The van der Waals surface area contributed by atoms with Crippen LogP contribution in [-0.4, -0.2) is 18.5 Å². The molecule has 7 heteroatoms. The van der Waals surface area contributed by atoms with Crippen LogP contribution in [-0.2, 0) is 0 Å². The summed E-state index contributed by atoms with van der Waals surface area (Å²) in [5, 5.41) is 8.54. The highest BCUT2D eigenvalue weighted by Gasteiger charge is 2.32. The molecule has 1 rings (SSSR count). The summed E-state index contributed by atoms with van der Waals surface area (Å²) in [6.45, 7) is 0. The van der Waals surface area contributed by atoms with Crippen LogP contribution < -0.4 is 9.47 Å². The third-order valence-corrected chi connectivity index (χ3v) is 1.38. The maximum Gasteiger partial charge on any atom is 0.574 e. The predicted molar refractivity (Wildman–Crippen MR) is 42.2 cm³/mol. The van der Waals surface area contributed by atoms with Crippen molar-refractivity contribution in [2.45, 2.75) is 6.36 Å². The molecule has 0 radical (unpaired) electrons. The van der Waals surface area contributed by atoms with Gasteiger partial charge in [-0.1, -0.05) is 0 Å². The van der Waals surface area contributed by atoms with Crippen LogP contribution in [0.2, 0.25) is 0 Å². The largest absolute Gasteiger partial charge is 0.574 e. The fourth-order valence-electron chi connectivity index (χ4n) is 0.849. The average molecular weight is 218 g/mol. The Hall–Kier alpha value is -1.97. The third-order valence-electron chi connectivity index (χ3n) is 1.38. The number of nitriles is 1. The van der Waals surface area contributed by atoms with Crippen molar-refractivity contribution >= 4 is 0 Å². The second-order valence-electron chi connectivity index (χ2n) is 2.36. The van der Waals surface area contributed by atoms with Gasteiger partial charge in [-0.15, -0.1) is 13.2 Å². The molecule has 0 saturated heterocycles. The quantitative estimate of drug-likeness (QED) is 0.760. The lowest BCUT2D eigenvalue weighted by Crippen LogP contribution is -2.18. The molecule has 15 heavy (non-hydrogen) atoms. The van der Waals surface area contributed by atoms with E-state index < -0.39 is 12.2 Å². The van der Waals surface area contributed by atoms with Crippen LogP contribution in [0.15, 0.2) is 12.1 Å². The Morgan fingerprint density at radius 1 is 1.40 bits per heavy atom. The molecule has 0 unspecified atom stereocenters. The maximum absolute atomic E-state index is 11.8. The van der Waals surface area contributed by atoms with E-state index in [0.717, 1.165) is 6.07 Å². The number of alkyl halides is 3. The van der Waals surface area contributed by atoms with Crippen molar-refractivity contribution in [2.75, 3.05) is 7.11 Å². The standard InChI is InChI=1S/C8H5F3N2O2/c1-14-6-2-3-7(13-5(6)4-12)15-8(9,10)11/h2-3H,1H3. The van der Waals surface area contributed by atoms with Gasteiger partial charge in [-0.05, 0) is 6.07 Å². The molecule has 80 valence electrons. The number of rotatable bonds is 2. The lowest BCUT2D eigenvalue weighted by Gasteiger charge is -2.08. The van der Waals surface area contributed by atoms with E-state index in [-0.39, 0.29) is 11.4 Å². The first-order chi connectivity index (χ1) is 6.96. The Morgan fingerprint density at radius 3 is 2.53 bits per heavy atom. The van der Waals surface area contributed by atoms with Crippen molar-refractivity contribution in [3.05, 3.63) is 17.8 Å². The van der Waals surface area contributed by atoms with Gasteiger partial charge in [0.05, 0.1) is 7.11 Å². The minimum absolute atomic E-state index is 0.0898. The van der Waals surface area contributed by atoms with Gasteiger partial charge < -0.3 is 9.47 Å². The minimum atomic E-state index is -4.83. The summed E-state index contributed by atoms with van der Waals surface area (Å²) in [6, 6.07) is 3.73. The lowest BCUT2D eigenvalue weighted by molar-refractivity contribution is -0.276. The van der Waals surface area contributed by atoms with Gasteiger partial charge in [-0.2, -0.15) is 10.2 Å². The van der Waals surface area contributed by atoms with Crippen LogP contribution in [0, 0.1) is 11.3 Å². The molecular formula is C8H5F3N2O2. The third kappa shape index (κ3) is 3.02. The van der Waals surface area contributed by atoms with E-state index in [1.807, 2.05) is 0 Å². The van der Waals surface area contributed by atoms with Crippen LogP contribution in [0.25, 0.3) is 0 Å². The summed E-state index contributed by atoms with van der Waals surface area (Å²) in [5.74, 6) is -0.605. The minimum Gasteiger partial charge on any atom is -0.494 e. The fourth-order valence-corrected chi connectivity index (χ4v) is 0.849. The second kappa shape index (κ2) is 4.04. The summed E-state index contributed by atoms with van der Waals surface area (Å²) >= 11 is 0. The smallest absolute Gasteiger partial charge is 0.494 e. The number of nitrogens with zero attached hydrogens (tertiary/aromatic N) is 2. The van der Waals surface area contributed by atoms with Crippen molar-refractivity contribution in [1.82, 2.24) is 4.98 Å². The first-order valence-corrected chi connectivity index (χ1v) is 3.67. The zero-order chi connectivity index (χ0) is 11.5. The van der Waals surface area contributed by atoms with E-state index in [2.05, 4.69) is 9.72 Å². The Labute approximate surface area is 82.9 Å². The zero-order valence-corrected chi connectivity index (χ0v) is 7.50. The Kier molecular flexibility index (Phi) is 2.99. The van der Waals surface area contributed by atoms with Crippen molar-refractivity contribution in [3.63, 3.8) is 0 Å². The number of pyridine rings is 1. The summed E-state index contributed by atoms with van der Waals surface area (Å²) in [6.07, 6.45) is -4.83. The Morgan fingerprint density at radius 2 is 2.07 bits per heavy atom. The molecule has 0 atom stereocenters. The van der Waals surface area contributed by atoms with Gasteiger partial charge in [0.1, 0.15) is 6.07 Å². The predicted octanol–water partition coefficient (Wildman–Crippen LogP) is 1.86. The fraction of sp³-hybridized carbons (Fsp3) is 0.250. The van der Waals surface area contributed by atoms with Gasteiger partial charge in [0, 0.05) is 6.07 Å². The normalized spacial score (nSPS) is 10.6. The number of hydrogen-bond acceptors (Lipinski definition) is 4. The van der Waals surface area contributed by atoms with Gasteiger partial charge in [0.2, 0.25) is 5.88 Å². The van der Waals surface area contributed by atoms with Gasteiger partial charge >= 0.3 is 6.36 Å². The Balaban J connectivity index is 3.00. The molecule has 1 heterocycles. The number of methoxy groups -OCH3 is 1. The van der Waals surface area contributed by atoms with Crippen LogP contribution in [0.3, 0.4) is 0 Å². The number of hydrogen-bond donors (Lipinski definition) is 0. The van der Waals surface area contributed by atoms with Crippen molar-refractivity contribution in [3.8, 4) is 17.7 Å². The SMILES string of the molecule is COc1ccc(OC(F)(F)F)nc1C#N. The van der Waals surface area contributed by atoms with Crippen LogP contribution >= 0.6 is 0 Å². The summed E-state index contributed by atoms with van der Waals surface area (Å²) in [5.41, 5.74) is -0.265. The molecule has 0 N–H and O–H groups in total. The highest BCUT2D eigenvalue weighted by atomic mass is 19.4. The number of aromatic nitrogens is 1. The number of halogens is 3. The average Bonchev–Trinajstić information content (AvgIpc) is 2.15. The molecule has 1 aromatic heterocycles. The summed E-state index contributed by atoms with van der Waals surface area (Å²) in [4.78, 5) is 3.32. The first-order valence-electron chi connectivity index (χ1n) is 3.67. The van der Waals surface area contributed by atoms with Crippen LogP contribution in [0.5, 0.6) is 11.6 Å². The molecule has 0 amide bonds. The van der Waals surface area contributed by atoms with E-state index in [1.165, 1.54) is 13.2 Å². The van der Waals surface area contributed by atoms with Gasteiger partial charge in [-0.3, -0.25) is 0 Å². The summed E-state index contributed by atoms with van der Waals surface area (Å²) < 4.78 is 43.6.